The summed E-state index contributed by atoms with van der Waals surface area (Å²) in [5.74, 6) is 0.534. The van der Waals surface area contributed by atoms with Crippen molar-refractivity contribution in [2.24, 2.45) is 7.05 Å². The van der Waals surface area contributed by atoms with Gasteiger partial charge in [-0.15, -0.1) is 10.2 Å². The Bertz CT molecular complexity index is 320. The fraction of sp³-hybridized carbons (Fsp3) is 0.625. The van der Waals surface area contributed by atoms with Crippen molar-refractivity contribution in [3.05, 3.63) is 21.9 Å². The van der Waals surface area contributed by atoms with E-state index >= 15 is 0 Å². The van der Waals surface area contributed by atoms with Crippen molar-refractivity contribution in [1.29, 1.82) is 0 Å². The molecule has 5 nitrogen and oxygen atoms in total. The van der Waals surface area contributed by atoms with Gasteiger partial charge in [0.05, 0.1) is 6.61 Å². The molecule has 1 aromatic rings. The minimum Gasteiger partial charge on any atom is -0.390 e. The van der Waals surface area contributed by atoms with E-state index in [1.54, 1.807) is 14.0 Å². The van der Waals surface area contributed by atoms with Crippen molar-refractivity contribution in [2.45, 2.75) is 27.4 Å². The van der Waals surface area contributed by atoms with Gasteiger partial charge in [-0.2, -0.15) is 0 Å². The third-order valence-electron chi connectivity index (χ3n) is 1.50. The maximum atomic E-state index is 11.1. The molecule has 1 aromatic heterocycles. The first-order valence-corrected chi connectivity index (χ1v) is 4.17. The van der Waals surface area contributed by atoms with Crippen molar-refractivity contribution < 1.29 is 5.11 Å². The van der Waals surface area contributed by atoms with E-state index in [-0.39, 0.29) is 17.9 Å². The van der Waals surface area contributed by atoms with Crippen molar-refractivity contribution in [1.82, 2.24) is 14.8 Å². The van der Waals surface area contributed by atoms with Crippen LogP contribution in [0.4, 0.5) is 0 Å². The van der Waals surface area contributed by atoms with Crippen LogP contribution in [0.1, 0.15) is 25.4 Å². The Labute approximate surface area is 77.1 Å². The van der Waals surface area contributed by atoms with E-state index < -0.39 is 0 Å². The summed E-state index contributed by atoms with van der Waals surface area (Å²) in [5.41, 5.74) is -0.210. The van der Waals surface area contributed by atoms with E-state index in [4.69, 9.17) is 5.11 Å². The maximum Gasteiger partial charge on any atom is 0.277 e. The molecule has 74 valence electrons. The topological polar surface area (TPSA) is 68.0 Å². The minimum absolute atomic E-state index is 0.0816. The van der Waals surface area contributed by atoms with Crippen molar-refractivity contribution in [3.63, 3.8) is 0 Å². The van der Waals surface area contributed by atoms with Gasteiger partial charge in [0.2, 0.25) is 0 Å². The van der Waals surface area contributed by atoms with Crippen LogP contribution in [0.3, 0.4) is 0 Å². The molecule has 0 aliphatic carbocycles. The highest BCUT2D eigenvalue weighted by Gasteiger charge is 2.03. The van der Waals surface area contributed by atoms with E-state index in [0.29, 0.717) is 5.82 Å². The molecule has 13 heavy (non-hydrogen) atoms. The molecule has 0 saturated carbocycles. The van der Waals surface area contributed by atoms with Gasteiger partial charge in [0.1, 0.15) is 5.82 Å². The molecule has 0 aliphatic heterocycles. The van der Waals surface area contributed by atoms with E-state index in [2.05, 4.69) is 10.2 Å². The highest BCUT2D eigenvalue weighted by molar-refractivity contribution is 4.94. The molecular formula is C8H15N3O2. The van der Waals surface area contributed by atoms with Crippen molar-refractivity contribution in [2.75, 3.05) is 0 Å². The zero-order valence-electron chi connectivity index (χ0n) is 8.40. The van der Waals surface area contributed by atoms with Gasteiger partial charge < -0.3 is 5.11 Å². The van der Waals surface area contributed by atoms with Crippen LogP contribution < -0.4 is 5.56 Å². The van der Waals surface area contributed by atoms with E-state index in [0.717, 1.165) is 0 Å². The molecule has 0 unspecified atom stereocenters. The summed E-state index contributed by atoms with van der Waals surface area (Å²) in [6.07, 6.45) is 0. The summed E-state index contributed by atoms with van der Waals surface area (Å²) >= 11 is 0. The summed E-state index contributed by atoms with van der Waals surface area (Å²) in [5, 5.41) is 15.8. The quantitative estimate of drug-likeness (QED) is 0.668. The zero-order chi connectivity index (χ0) is 10.4. The SMILES string of the molecule is CC.Cc1nnc(CO)c(=O)n1C. The number of hydrogen-bond donors (Lipinski definition) is 1. The largest absolute Gasteiger partial charge is 0.390 e. The van der Waals surface area contributed by atoms with Gasteiger partial charge in [-0.05, 0) is 6.92 Å². The van der Waals surface area contributed by atoms with Crippen LogP contribution in [-0.2, 0) is 13.7 Å². The molecule has 0 radical (unpaired) electrons. The van der Waals surface area contributed by atoms with Gasteiger partial charge in [-0.25, -0.2) is 0 Å². The van der Waals surface area contributed by atoms with Crippen LogP contribution in [-0.4, -0.2) is 19.9 Å². The van der Waals surface area contributed by atoms with Gasteiger partial charge in [0, 0.05) is 7.05 Å². The Balaban J connectivity index is 0.000000671. The van der Waals surface area contributed by atoms with E-state index in [9.17, 15) is 4.79 Å². The Morgan fingerprint density at radius 1 is 1.38 bits per heavy atom. The van der Waals surface area contributed by atoms with Crippen LogP contribution in [0.2, 0.25) is 0 Å². The Kier molecular flexibility index (Phi) is 4.91. The highest BCUT2D eigenvalue weighted by atomic mass is 16.3. The molecule has 0 bridgehead atoms. The lowest BCUT2D eigenvalue weighted by Gasteiger charge is -2.00. The van der Waals surface area contributed by atoms with Gasteiger partial charge in [0.15, 0.2) is 5.69 Å². The Morgan fingerprint density at radius 3 is 2.38 bits per heavy atom. The average molecular weight is 185 g/mol. The number of rotatable bonds is 1. The van der Waals surface area contributed by atoms with Gasteiger partial charge in [0.25, 0.3) is 5.56 Å². The summed E-state index contributed by atoms with van der Waals surface area (Å²) in [6, 6.07) is 0. The Hall–Kier alpha value is -1.23. The van der Waals surface area contributed by atoms with Crippen molar-refractivity contribution >= 4 is 0 Å². The van der Waals surface area contributed by atoms with Crippen LogP contribution in [0.5, 0.6) is 0 Å². The molecule has 1 rings (SSSR count). The molecule has 0 aliphatic rings. The number of aliphatic hydroxyl groups excluding tert-OH is 1. The van der Waals surface area contributed by atoms with E-state index in [1.165, 1.54) is 4.57 Å². The lowest BCUT2D eigenvalue weighted by Crippen LogP contribution is -2.26. The highest BCUT2D eigenvalue weighted by Crippen LogP contribution is 1.85. The molecule has 0 spiro atoms. The predicted molar refractivity (Wildman–Crippen MR) is 49.3 cm³/mol. The number of aromatic nitrogens is 3. The Morgan fingerprint density at radius 2 is 1.92 bits per heavy atom. The molecule has 0 atom stereocenters. The van der Waals surface area contributed by atoms with Crippen LogP contribution in [0.15, 0.2) is 4.79 Å². The molecule has 1 N–H and O–H groups in total. The third-order valence-corrected chi connectivity index (χ3v) is 1.50. The second-order valence-electron chi connectivity index (χ2n) is 2.22. The number of nitrogens with zero attached hydrogens (tertiary/aromatic N) is 3. The van der Waals surface area contributed by atoms with Crippen LogP contribution in [0, 0.1) is 6.92 Å². The van der Waals surface area contributed by atoms with Gasteiger partial charge >= 0.3 is 0 Å². The molecule has 0 fully saturated rings. The maximum absolute atomic E-state index is 11.1. The van der Waals surface area contributed by atoms with Gasteiger partial charge in [-0.1, -0.05) is 13.8 Å². The van der Waals surface area contributed by atoms with Crippen molar-refractivity contribution in [3.8, 4) is 0 Å². The normalized spacial score (nSPS) is 9.00. The standard InChI is InChI=1S/C6H9N3O2.C2H6/c1-4-7-8-5(3-10)6(11)9(4)2;1-2/h10H,3H2,1-2H3;1-2H3. The lowest BCUT2D eigenvalue weighted by atomic mass is 10.5. The first-order chi connectivity index (χ1) is 6.16. The fourth-order valence-electron chi connectivity index (χ4n) is 0.682. The minimum atomic E-state index is -0.361. The van der Waals surface area contributed by atoms with E-state index in [1.807, 2.05) is 13.8 Å². The monoisotopic (exact) mass is 185 g/mol. The summed E-state index contributed by atoms with van der Waals surface area (Å²) < 4.78 is 1.35. The molecule has 0 amide bonds. The number of aliphatic hydroxyl groups is 1. The molecule has 5 heteroatoms. The molecule has 0 saturated heterocycles. The second kappa shape index (κ2) is 5.42. The average Bonchev–Trinajstić information content (AvgIpc) is 2.18. The smallest absolute Gasteiger partial charge is 0.277 e. The second-order valence-corrected chi connectivity index (χ2v) is 2.22. The summed E-state index contributed by atoms with van der Waals surface area (Å²) in [6.45, 7) is 5.31. The summed E-state index contributed by atoms with van der Waals surface area (Å²) in [7, 11) is 1.59. The first-order valence-electron chi connectivity index (χ1n) is 4.17. The zero-order valence-corrected chi connectivity index (χ0v) is 8.40. The number of aryl methyl sites for hydroxylation is 1. The number of hydrogen-bond acceptors (Lipinski definition) is 4. The summed E-state index contributed by atoms with van der Waals surface area (Å²) in [4.78, 5) is 11.1. The van der Waals surface area contributed by atoms with Crippen LogP contribution >= 0.6 is 0 Å². The molecule has 0 aromatic carbocycles. The lowest BCUT2D eigenvalue weighted by molar-refractivity contribution is 0.271. The molecular weight excluding hydrogens is 170 g/mol. The first kappa shape index (κ1) is 11.8. The predicted octanol–water partition coefficient (Wildman–Crippen LogP) is 0.00222. The molecule has 1 heterocycles. The van der Waals surface area contributed by atoms with Gasteiger partial charge in [-0.3, -0.25) is 9.36 Å². The van der Waals surface area contributed by atoms with Crippen LogP contribution in [0.25, 0.3) is 0 Å². The fourth-order valence-corrected chi connectivity index (χ4v) is 0.682. The third kappa shape index (κ3) is 2.62.